The number of benzene rings is 2. The quantitative estimate of drug-likeness (QED) is 0.480. The summed E-state index contributed by atoms with van der Waals surface area (Å²) in [7, 11) is 0. The number of carbonyl (C=O) groups excluding carboxylic acids is 2. The molecule has 5 rings (SSSR count). The van der Waals surface area contributed by atoms with Crippen LogP contribution in [0, 0.1) is 11.8 Å². The monoisotopic (exact) mass is 504 g/mol. The van der Waals surface area contributed by atoms with E-state index in [1.807, 2.05) is 18.2 Å². The third-order valence-corrected chi connectivity index (χ3v) is 7.82. The van der Waals surface area contributed by atoms with Gasteiger partial charge >= 0.3 is 0 Å². The van der Waals surface area contributed by atoms with Crippen molar-refractivity contribution in [3.8, 4) is 0 Å². The molecule has 0 aromatic heterocycles. The van der Waals surface area contributed by atoms with Crippen LogP contribution in [0.1, 0.15) is 48.0 Å². The first kappa shape index (κ1) is 25.7. The Morgan fingerprint density at radius 3 is 2.41 bits per heavy atom. The molecule has 0 spiro atoms. The molecule has 3 fully saturated rings. The van der Waals surface area contributed by atoms with Gasteiger partial charge in [-0.25, -0.2) is 0 Å². The second-order valence-corrected chi connectivity index (χ2v) is 10.7. The van der Waals surface area contributed by atoms with Gasteiger partial charge in [0.15, 0.2) is 0 Å². The Morgan fingerprint density at radius 1 is 0.919 bits per heavy atom. The summed E-state index contributed by atoms with van der Waals surface area (Å²) >= 11 is 0. The molecule has 7 nitrogen and oxygen atoms in total. The molecule has 0 radical (unpaired) electrons. The van der Waals surface area contributed by atoms with Crippen molar-refractivity contribution in [3.63, 3.8) is 0 Å². The minimum atomic E-state index is -0.0640. The molecule has 2 aliphatic heterocycles. The Morgan fingerprint density at radius 2 is 1.68 bits per heavy atom. The van der Waals surface area contributed by atoms with Crippen molar-refractivity contribution < 1.29 is 14.3 Å². The number of ether oxygens (including phenoxy) is 1. The van der Waals surface area contributed by atoms with Gasteiger partial charge in [-0.2, -0.15) is 0 Å². The summed E-state index contributed by atoms with van der Waals surface area (Å²) in [6.45, 7) is 6.96. The number of hydrogen-bond acceptors (Lipinski definition) is 5. The van der Waals surface area contributed by atoms with Crippen LogP contribution in [0.15, 0.2) is 48.5 Å². The summed E-state index contributed by atoms with van der Waals surface area (Å²) in [4.78, 5) is 30.4. The molecule has 2 aromatic carbocycles. The zero-order chi connectivity index (χ0) is 25.5. The van der Waals surface area contributed by atoms with Crippen LogP contribution in [0.4, 0.5) is 11.4 Å². The van der Waals surface area contributed by atoms with Crippen molar-refractivity contribution in [1.29, 1.82) is 0 Å². The lowest BCUT2D eigenvalue weighted by atomic mass is 9.89. The highest BCUT2D eigenvalue weighted by atomic mass is 16.5. The van der Waals surface area contributed by atoms with Gasteiger partial charge in [0.05, 0.1) is 18.8 Å². The molecule has 2 heterocycles. The number of piperidine rings is 1. The summed E-state index contributed by atoms with van der Waals surface area (Å²) < 4.78 is 5.42. The summed E-state index contributed by atoms with van der Waals surface area (Å²) in [5.41, 5.74) is 3.72. The smallest absolute Gasteiger partial charge is 0.253 e. The van der Waals surface area contributed by atoms with Crippen molar-refractivity contribution >= 4 is 23.2 Å². The molecule has 2 saturated heterocycles. The highest BCUT2D eigenvalue weighted by Gasteiger charge is 2.30. The van der Waals surface area contributed by atoms with Crippen molar-refractivity contribution in [1.82, 2.24) is 10.2 Å². The highest BCUT2D eigenvalue weighted by molar-refractivity contribution is 6.02. The average molecular weight is 505 g/mol. The van der Waals surface area contributed by atoms with Crippen LogP contribution >= 0.6 is 0 Å². The van der Waals surface area contributed by atoms with Crippen LogP contribution in [0.5, 0.6) is 0 Å². The van der Waals surface area contributed by atoms with E-state index in [2.05, 4.69) is 50.8 Å². The lowest BCUT2D eigenvalue weighted by molar-refractivity contribution is -0.117. The fourth-order valence-corrected chi connectivity index (χ4v) is 5.41. The predicted molar refractivity (Wildman–Crippen MR) is 147 cm³/mol. The molecule has 0 atom stereocenters. The standard InChI is InChI=1S/C30H40N4O3/c35-29(25-7-8-25)32-26-9-10-28(34-15-11-24(12-16-34)21-23-5-2-1-3-6-23)27(22-26)30(36)31-13-4-14-33-17-19-37-20-18-33/h1-3,5-6,9-10,22,24-25H,4,7-8,11-21H2,(H,31,36)(H,32,35). The molecule has 7 heteroatoms. The zero-order valence-electron chi connectivity index (χ0n) is 21.8. The number of morpholine rings is 1. The molecule has 2 N–H and O–H groups in total. The largest absolute Gasteiger partial charge is 0.379 e. The molecular formula is C30H40N4O3. The number of carbonyl (C=O) groups is 2. The van der Waals surface area contributed by atoms with Gasteiger partial charge < -0.3 is 20.3 Å². The summed E-state index contributed by atoms with van der Waals surface area (Å²) in [5, 5.41) is 6.16. The number of amides is 2. The SMILES string of the molecule is O=C(NCCCN1CCOCC1)c1cc(NC(=O)C2CC2)ccc1N1CCC(Cc2ccccc2)CC1. The number of nitrogens with zero attached hydrogens (tertiary/aromatic N) is 2. The average Bonchev–Trinajstić information content (AvgIpc) is 3.79. The molecule has 37 heavy (non-hydrogen) atoms. The summed E-state index contributed by atoms with van der Waals surface area (Å²) in [6, 6.07) is 16.5. The maximum atomic E-state index is 13.4. The number of rotatable bonds is 10. The molecule has 0 bridgehead atoms. The zero-order valence-corrected chi connectivity index (χ0v) is 21.8. The van der Waals surface area contributed by atoms with Gasteiger partial charge in [0.25, 0.3) is 5.91 Å². The molecule has 2 amide bonds. The van der Waals surface area contributed by atoms with Crippen LogP contribution < -0.4 is 15.5 Å². The molecule has 3 aliphatic rings. The normalized spacial score (nSPS) is 19.0. The third kappa shape index (κ3) is 7.33. The van der Waals surface area contributed by atoms with Crippen LogP contribution in [0.3, 0.4) is 0 Å². The van der Waals surface area contributed by atoms with Crippen molar-refractivity contribution in [3.05, 3.63) is 59.7 Å². The molecule has 198 valence electrons. The van der Waals surface area contributed by atoms with E-state index in [4.69, 9.17) is 4.74 Å². The van der Waals surface area contributed by atoms with E-state index in [1.54, 1.807) is 0 Å². The first-order chi connectivity index (χ1) is 18.2. The Hall–Kier alpha value is -2.90. The molecular weight excluding hydrogens is 464 g/mol. The van der Waals surface area contributed by atoms with Crippen LogP contribution in [-0.4, -0.2) is 69.2 Å². The van der Waals surface area contributed by atoms with Gasteiger partial charge in [-0.15, -0.1) is 0 Å². The van der Waals surface area contributed by atoms with Gasteiger partial charge in [-0.1, -0.05) is 30.3 Å². The van der Waals surface area contributed by atoms with Gasteiger partial charge in [0, 0.05) is 50.0 Å². The highest BCUT2D eigenvalue weighted by Crippen LogP contribution is 2.32. The first-order valence-electron chi connectivity index (χ1n) is 14.0. The van der Waals surface area contributed by atoms with Crippen molar-refractivity contribution in [2.75, 3.05) is 62.7 Å². The van der Waals surface area contributed by atoms with E-state index in [1.165, 1.54) is 5.56 Å². The Labute approximate surface area is 220 Å². The predicted octanol–water partition coefficient (Wildman–Crippen LogP) is 3.95. The fourth-order valence-electron chi connectivity index (χ4n) is 5.41. The summed E-state index contributed by atoms with van der Waals surface area (Å²) in [5.74, 6) is 0.784. The maximum absolute atomic E-state index is 13.4. The Kier molecular flexibility index (Phi) is 8.74. The third-order valence-electron chi connectivity index (χ3n) is 7.82. The van der Waals surface area contributed by atoms with E-state index < -0.39 is 0 Å². The number of nitrogens with one attached hydrogen (secondary N) is 2. The summed E-state index contributed by atoms with van der Waals surface area (Å²) in [6.07, 6.45) is 6.14. The molecule has 1 saturated carbocycles. The van der Waals surface area contributed by atoms with E-state index in [9.17, 15) is 9.59 Å². The van der Waals surface area contributed by atoms with Gasteiger partial charge in [0.2, 0.25) is 5.91 Å². The van der Waals surface area contributed by atoms with Gasteiger partial charge in [-0.3, -0.25) is 14.5 Å². The maximum Gasteiger partial charge on any atom is 0.253 e. The van der Waals surface area contributed by atoms with Crippen molar-refractivity contribution in [2.24, 2.45) is 11.8 Å². The topological polar surface area (TPSA) is 73.9 Å². The Balaban J connectivity index is 1.21. The van der Waals surface area contributed by atoms with E-state index in [0.29, 0.717) is 23.7 Å². The molecule has 0 unspecified atom stereocenters. The van der Waals surface area contributed by atoms with Crippen LogP contribution in [-0.2, 0) is 16.0 Å². The fraction of sp³-hybridized carbons (Fsp3) is 0.533. The number of hydrogen-bond donors (Lipinski definition) is 2. The van der Waals surface area contributed by atoms with Gasteiger partial charge in [0.1, 0.15) is 0 Å². The van der Waals surface area contributed by atoms with E-state index in [-0.39, 0.29) is 17.7 Å². The first-order valence-corrected chi connectivity index (χ1v) is 14.0. The lowest BCUT2D eigenvalue weighted by Gasteiger charge is -2.35. The van der Waals surface area contributed by atoms with E-state index >= 15 is 0 Å². The van der Waals surface area contributed by atoms with Crippen LogP contribution in [0.25, 0.3) is 0 Å². The van der Waals surface area contributed by atoms with Crippen LogP contribution in [0.2, 0.25) is 0 Å². The second-order valence-electron chi connectivity index (χ2n) is 10.7. The Bertz CT molecular complexity index is 1040. The lowest BCUT2D eigenvalue weighted by Crippen LogP contribution is -2.38. The molecule has 2 aromatic rings. The van der Waals surface area contributed by atoms with E-state index in [0.717, 1.165) is 90.1 Å². The second kappa shape index (κ2) is 12.6. The minimum Gasteiger partial charge on any atom is -0.379 e. The number of anilines is 2. The minimum absolute atomic E-state index is 0.0614. The van der Waals surface area contributed by atoms with Crippen molar-refractivity contribution in [2.45, 2.75) is 38.5 Å². The van der Waals surface area contributed by atoms with Gasteiger partial charge in [-0.05, 0) is 74.8 Å². The molecule has 1 aliphatic carbocycles.